The van der Waals surface area contributed by atoms with E-state index in [1.807, 2.05) is 30.3 Å². The van der Waals surface area contributed by atoms with E-state index in [1.54, 1.807) is 37.8 Å². The molecule has 0 radical (unpaired) electrons. The fourth-order valence-electron chi connectivity index (χ4n) is 2.63. The third-order valence-electron chi connectivity index (χ3n) is 4.01. The largest absolute Gasteiger partial charge is 0.493 e. The number of ether oxygens (including phenoxy) is 2. The maximum atomic E-state index is 12.5. The number of hydrogen-bond acceptors (Lipinski definition) is 6. The normalized spacial score (nSPS) is 11.7. The Hall–Kier alpha value is -2.90. The summed E-state index contributed by atoms with van der Waals surface area (Å²) in [7, 11) is 3.11. The van der Waals surface area contributed by atoms with E-state index in [0.717, 1.165) is 10.6 Å². The lowest BCUT2D eigenvalue weighted by Crippen LogP contribution is -2.15. The molecule has 2 aromatic carbocycles. The van der Waals surface area contributed by atoms with E-state index < -0.39 is 0 Å². The van der Waals surface area contributed by atoms with E-state index in [1.165, 1.54) is 11.3 Å². The lowest BCUT2D eigenvalue weighted by Gasteiger charge is -2.10. The first-order valence-corrected chi connectivity index (χ1v) is 9.27. The van der Waals surface area contributed by atoms with Crippen molar-refractivity contribution >= 4 is 22.9 Å². The van der Waals surface area contributed by atoms with Crippen LogP contribution in [0.15, 0.2) is 53.9 Å². The number of benzene rings is 2. The van der Waals surface area contributed by atoms with Gasteiger partial charge in [-0.2, -0.15) is 0 Å². The second-order valence-electron chi connectivity index (χ2n) is 5.89. The number of anilines is 1. The van der Waals surface area contributed by atoms with Crippen LogP contribution in [0.1, 0.15) is 27.1 Å². The summed E-state index contributed by atoms with van der Waals surface area (Å²) in [5.74, 6) is 0.842. The van der Waals surface area contributed by atoms with E-state index >= 15 is 0 Å². The third kappa shape index (κ3) is 4.64. The fraction of sp³-hybridized carbons (Fsp3) is 0.200. The van der Waals surface area contributed by atoms with Gasteiger partial charge in [0.25, 0.3) is 5.91 Å². The van der Waals surface area contributed by atoms with Gasteiger partial charge in [-0.15, -0.1) is 11.3 Å². The third-order valence-corrected chi connectivity index (χ3v) is 4.99. The monoisotopic (exact) mass is 383 g/mol. The number of nitrogens with two attached hydrogens (primary N) is 1. The maximum absolute atomic E-state index is 12.5. The van der Waals surface area contributed by atoms with Crippen LogP contribution in [0, 0.1) is 0 Å². The molecule has 0 saturated carbocycles. The summed E-state index contributed by atoms with van der Waals surface area (Å²) in [6, 6.07) is 14.9. The van der Waals surface area contributed by atoms with Gasteiger partial charge in [0.15, 0.2) is 11.5 Å². The Morgan fingerprint density at radius 1 is 1.15 bits per heavy atom. The van der Waals surface area contributed by atoms with E-state index in [0.29, 0.717) is 29.3 Å². The number of carbonyl (C=O) groups excluding carboxylic acids is 1. The zero-order valence-corrected chi connectivity index (χ0v) is 16.0. The van der Waals surface area contributed by atoms with Crippen LogP contribution in [0.25, 0.3) is 0 Å². The van der Waals surface area contributed by atoms with Crippen molar-refractivity contribution < 1.29 is 14.3 Å². The molecule has 0 aliphatic rings. The van der Waals surface area contributed by atoms with Crippen LogP contribution in [-0.4, -0.2) is 25.1 Å². The topological polar surface area (TPSA) is 86.5 Å². The van der Waals surface area contributed by atoms with Crippen molar-refractivity contribution in [3.8, 4) is 11.5 Å². The summed E-state index contributed by atoms with van der Waals surface area (Å²) in [6.07, 6.45) is 0.672. The molecule has 1 unspecified atom stereocenters. The van der Waals surface area contributed by atoms with Crippen molar-refractivity contribution in [1.82, 2.24) is 4.98 Å². The first-order valence-electron chi connectivity index (χ1n) is 8.39. The number of nitrogens with one attached hydrogen (secondary N) is 1. The number of nitrogens with zero attached hydrogens (tertiary/aromatic N) is 1. The molecule has 3 rings (SSSR count). The molecule has 3 aromatic rings. The van der Waals surface area contributed by atoms with Crippen molar-refractivity contribution in [3.05, 3.63) is 70.2 Å². The van der Waals surface area contributed by atoms with Crippen LogP contribution in [0.5, 0.6) is 11.5 Å². The molecule has 1 atom stereocenters. The predicted molar refractivity (Wildman–Crippen MR) is 107 cm³/mol. The molecule has 1 heterocycles. The summed E-state index contributed by atoms with van der Waals surface area (Å²) in [6.45, 7) is 0. The van der Waals surface area contributed by atoms with Gasteiger partial charge >= 0.3 is 0 Å². The summed E-state index contributed by atoms with van der Waals surface area (Å²) >= 11 is 1.39. The molecular weight excluding hydrogens is 362 g/mol. The smallest absolute Gasteiger partial charge is 0.275 e. The van der Waals surface area contributed by atoms with Gasteiger partial charge in [-0.1, -0.05) is 30.3 Å². The van der Waals surface area contributed by atoms with E-state index in [9.17, 15) is 4.79 Å². The highest BCUT2D eigenvalue weighted by molar-refractivity contribution is 7.09. The molecule has 6 nitrogen and oxygen atoms in total. The SMILES string of the molecule is COc1ccc(NC(=O)c2csc(C(N)Cc3ccccc3)n2)cc1OC. The first-order chi connectivity index (χ1) is 13.1. The number of hydrogen-bond donors (Lipinski definition) is 2. The van der Waals surface area contributed by atoms with Gasteiger partial charge in [-0.05, 0) is 24.1 Å². The fourth-order valence-corrected chi connectivity index (χ4v) is 3.43. The van der Waals surface area contributed by atoms with Gasteiger partial charge in [0.2, 0.25) is 0 Å². The summed E-state index contributed by atoms with van der Waals surface area (Å²) < 4.78 is 10.4. The highest BCUT2D eigenvalue weighted by Gasteiger charge is 2.16. The number of carbonyl (C=O) groups is 1. The molecule has 140 valence electrons. The molecule has 7 heteroatoms. The van der Waals surface area contributed by atoms with Gasteiger partial charge in [-0.25, -0.2) is 4.98 Å². The first kappa shape index (κ1) is 18.9. The van der Waals surface area contributed by atoms with Gasteiger partial charge in [0.1, 0.15) is 10.7 Å². The van der Waals surface area contributed by atoms with Crippen LogP contribution in [0.2, 0.25) is 0 Å². The molecular formula is C20H21N3O3S. The van der Waals surface area contributed by atoms with Gasteiger partial charge < -0.3 is 20.5 Å². The van der Waals surface area contributed by atoms with Crippen LogP contribution < -0.4 is 20.5 Å². The Balaban J connectivity index is 1.68. The maximum Gasteiger partial charge on any atom is 0.275 e. The highest BCUT2D eigenvalue weighted by Crippen LogP contribution is 2.30. The van der Waals surface area contributed by atoms with E-state index in [2.05, 4.69) is 10.3 Å². The molecule has 3 N–H and O–H groups in total. The van der Waals surface area contributed by atoms with Crippen molar-refractivity contribution in [2.75, 3.05) is 19.5 Å². The Kier molecular flexibility index (Phi) is 6.05. The summed E-state index contributed by atoms with van der Waals surface area (Å²) in [4.78, 5) is 16.9. The lowest BCUT2D eigenvalue weighted by molar-refractivity contribution is 0.102. The zero-order chi connectivity index (χ0) is 19.2. The summed E-state index contributed by atoms with van der Waals surface area (Å²) in [5.41, 5.74) is 8.32. The Bertz CT molecular complexity index is 912. The van der Waals surface area contributed by atoms with Crippen LogP contribution in [-0.2, 0) is 6.42 Å². The minimum Gasteiger partial charge on any atom is -0.493 e. The van der Waals surface area contributed by atoms with Crippen LogP contribution >= 0.6 is 11.3 Å². The molecule has 27 heavy (non-hydrogen) atoms. The highest BCUT2D eigenvalue weighted by atomic mass is 32.1. The van der Waals surface area contributed by atoms with Crippen molar-refractivity contribution in [2.45, 2.75) is 12.5 Å². The van der Waals surface area contributed by atoms with Crippen molar-refractivity contribution in [1.29, 1.82) is 0 Å². The number of thiazole rings is 1. The van der Waals surface area contributed by atoms with Crippen LogP contribution in [0.4, 0.5) is 5.69 Å². The number of methoxy groups -OCH3 is 2. The van der Waals surface area contributed by atoms with Gasteiger partial charge in [0.05, 0.1) is 20.3 Å². The molecule has 0 fully saturated rings. The standard InChI is InChI=1S/C20H21N3O3S/c1-25-17-9-8-14(11-18(17)26-2)22-19(24)16-12-27-20(23-16)15(21)10-13-6-4-3-5-7-13/h3-9,11-12,15H,10,21H2,1-2H3,(H,22,24). The Labute approximate surface area is 162 Å². The van der Waals surface area contributed by atoms with E-state index in [4.69, 9.17) is 15.2 Å². The minimum atomic E-state index is -0.295. The predicted octanol–water partition coefficient (Wildman–Crippen LogP) is 3.66. The second kappa shape index (κ2) is 8.66. The Morgan fingerprint density at radius 2 is 1.89 bits per heavy atom. The molecule has 0 bridgehead atoms. The van der Waals surface area contributed by atoms with Gasteiger partial charge in [0, 0.05) is 17.1 Å². The number of aromatic nitrogens is 1. The quantitative estimate of drug-likeness (QED) is 0.650. The molecule has 0 saturated heterocycles. The molecule has 1 aromatic heterocycles. The average Bonchev–Trinajstić information content (AvgIpc) is 3.19. The second-order valence-corrected chi connectivity index (χ2v) is 6.78. The van der Waals surface area contributed by atoms with Gasteiger partial charge in [-0.3, -0.25) is 4.79 Å². The van der Waals surface area contributed by atoms with E-state index in [-0.39, 0.29) is 11.9 Å². The minimum absolute atomic E-state index is 0.250. The number of rotatable bonds is 7. The lowest BCUT2D eigenvalue weighted by atomic mass is 10.1. The molecule has 0 aliphatic heterocycles. The Morgan fingerprint density at radius 3 is 2.59 bits per heavy atom. The van der Waals surface area contributed by atoms with Crippen molar-refractivity contribution in [2.24, 2.45) is 5.73 Å². The van der Waals surface area contributed by atoms with Crippen molar-refractivity contribution in [3.63, 3.8) is 0 Å². The molecule has 0 spiro atoms. The average molecular weight is 383 g/mol. The summed E-state index contributed by atoms with van der Waals surface area (Å²) in [5, 5.41) is 5.27. The molecule has 0 aliphatic carbocycles. The van der Waals surface area contributed by atoms with Crippen LogP contribution in [0.3, 0.4) is 0 Å². The zero-order valence-electron chi connectivity index (χ0n) is 15.1. The molecule has 1 amide bonds. The number of amides is 1.